The van der Waals surface area contributed by atoms with Crippen molar-refractivity contribution in [2.24, 2.45) is 5.92 Å². The number of nitrogens with zero attached hydrogens (tertiary/aromatic N) is 4. The van der Waals surface area contributed by atoms with Crippen molar-refractivity contribution in [3.05, 3.63) is 42.5 Å². The lowest BCUT2D eigenvalue weighted by molar-refractivity contribution is -0.125. The summed E-state index contributed by atoms with van der Waals surface area (Å²) >= 11 is 0. The highest BCUT2D eigenvalue weighted by molar-refractivity contribution is 5.79. The van der Waals surface area contributed by atoms with Crippen LogP contribution < -0.4 is 10.2 Å². The number of halogens is 1. The number of amides is 1. The third-order valence-electron chi connectivity index (χ3n) is 6.14. The van der Waals surface area contributed by atoms with Crippen molar-refractivity contribution in [2.75, 3.05) is 44.2 Å². The summed E-state index contributed by atoms with van der Waals surface area (Å²) in [6.45, 7) is 5.57. The topological polar surface area (TPSA) is 61.4 Å². The standard InChI is InChI=1S/C23H30FN5O/c24-20-6-4-5-19(15-20)21-16-22(27-17-26-21)29-12-7-18(8-13-29)23(30)25-9-14-28-10-2-1-3-11-28/h4-6,15-18H,1-3,7-14H2,(H,25,30). The minimum atomic E-state index is -0.278. The van der Waals surface area contributed by atoms with Crippen molar-refractivity contribution in [3.63, 3.8) is 0 Å². The lowest BCUT2D eigenvalue weighted by Gasteiger charge is -2.32. The number of carbonyl (C=O) groups is 1. The van der Waals surface area contributed by atoms with Crippen molar-refractivity contribution in [2.45, 2.75) is 32.1 Å². The van der Waals surface area contributed by atoms with Crippen molar-refractivity contribution < 1.29 is 9.18 Å². The number of hydrogen-bond acceptors (Lipinski definition) is 5. The number of benzene rings is 1. The van der Waals surface area contributed by atoms with E-state index >= 15 is 0 Å². The van der Waals surface area contributed by atoms with Gasteiger partial charge < -0.3 is 15.1 Å². The number of anilines is 1. The van der Waals surface area contributed by atoms with Crippen LogP contribution in [0.1, 0.15) is 32.1 Å². The van der Waals surface area contributed by atoms with Crippen LogP contribution in [0.2, 0.25) is 0 Å². The van der Waals surface area contributed by atoms with Crippen LogP contribution in [0.3, 0.4) is 0 Å². The first kappa shape index (κ1) is 20.7. The van der Waals surface area contributed by atoms with Crippen LogP contribution in [0, 0.1) is 11.7 Å². The summed E-state index contributed by atoms with van der Waals surface area (Å²) in [6.07, 6.45) is 7.03. The molecule has 30 heavy (non-hydrogen) atoms. The van der Waals surface area contributed by atoms with Gasteiger partial charge in [0.15, 0.2) is 0 Å². The van der Waals surface area contributed by atoms with E-state index in [4.69, 9.17) is 0 Å². The number of carbonyl (C=O) groups excluding carboxylic acids is 1. The van der Waals surface area contributed by atoms with E-state index in [-0.39, 0.29) is 17.6 Å². The summed E-state index contributed by atoms with van der Waals surface area (Å²) in [4.78, 5) is 25.9. The van der Waals surface area contributed by atoms with Gasteiger partial charge in [-0.25, -0.2) is 14.4 Å². The predicted octanol–water partition coefficient (Wildman–Crippen LogP) is 3.10. The highest BCUT2D eigenvalue weighted by Crippen LogP contribution is 2.25. The van der Waals surface area contributed by atoms with Crippen LogP contribution in [0.4, 0.5) is 10.2 Å². The highest BCUT2D eigenvalue weighted by atomic mass is 19.1. The summed E-state index contributed by atoms with van der Waals surface area (Å²) in [6, 6.07) is 8.33. The number of rotatable bonds is 6. The van der Waals surface area contributed by atoms with Gasteiger partial charge in [-0.2, -0.15) is 0 Å². The quantitative estimate of drug-likeness (QED) is 0.792. The average molecular weight is 412 g/mol. The molecule has 2 saturated heterocycles. The Bertz CT molecular complexity index is 847. The largest absolute Gasteiger partial charge is 0.356 e. The third-order valence-corrected chi connectivity index (χ3v) is 6.14. The minimum absolute atomic E-state index is 0.0622. The third kappa shape index (κ3) is 5.33. The molecule has 0 aliphatic carbocycles. The Balaban J connectivity index is 1.27. The van der Waals surface area contributed by atoms with E-state index in [2.05, 4.69) is 25.1 Å². The van der Waals surface area contributed by atoms with Crippen molar-refractivity contribution >= 4 is 11.7 Å². The van der Waals surface area contributed by atoms with Crippen molar-refractivity contribution in [1.82, 2.24) is 20.2 Å². The van der Waals surface area contributed by atoms with Crippen LogP contribution in [-0.4, -0.2) is 60.0 Å². The second kappa shape index (κ2) is 9.98. The fraction of sp³-hybridized carbons (Fsp3) is 0.522. The molecule has 0 radical (unpaired) electrons. The number of aromatic nitrogens is 2. The monoisotopic (exact) mass is 411 g/mol. The van der Waals surface area contributed by atoms with E-state index in [9.17, 15) is 9.18 Å². The van der Waals surface area contributed by atoms with Gasteiger partial charge in [-0.15, -0.1) is 0 Å². The Morgan fingerprint density at radius 1 is 1.07 bits per heavy atom. The first-order valence-electron chi connectivity index (χ1n) is 11.0. The molecular weight excluding hydrogens is 381 g/mol. The Hall–Kier alpha value is -2.54. The maximum Gasteiger partial charge on any atom is 0.223 e. The van der Waals surface area contributed by atoms with Gasteiger partial charge >= 0.3 is 0 Å². The van der Waals surface area contributed by atoms with Gasteiger partial charge in [0.2, 0.25) is 5.91 Å². The molecule has 0 spiro atoms. The molecule has 1 N–H and O–H groups in total. The van der Waals surface area contributed by atoms with Crippen LogP contribution in [0.5, 0.6) is 0 Å². The van der Waals surface area contributed by atoms with Gasteiger partial charge in [0.05, 0.1) is 5.69 Å². The fourth-order valence-corrected chi connectivity index (χ4v) is 4.36. The molecule has 2 fully saturated rings. The first-order valence-corrected chi connectivity index (χ1v) is 11.0. The van der Waals surface area contributed by atoms with Crippen LogP contribution in [0.25, 0.3) is 11.3 Å². The molecule has 0 bridgehead atoms. The molecule has 160 valence electrons. The van der Waals surface area contributed by atoms with E-state index in [0.717, 1.165) is 63.5 Å². The molecule has 0 saturated carbocycles. The molecule has 7 heteroatoms. The molecule has 0 atom stereocenters. The fourth-order valence-electron chi connectivity index (χ4n) is 4.36. The maximum atomic E-state index is 13.5. The Kier molecular flexibility index (Phi) is 6.89. The zero-order chi connectivity index (χ0) is 20.8. The first-order chi connectivity index (χ1) is 14.7. The number of piperidine rings is 2. The minimum Gasteiger partial charge on any atom is -0.356 e. The lowest BCUT2D eigenvalue weighted by atomic mass is 9.96. The zero-order valence-corrected chi connectivity index (χ0v) is 17.4. The van der Waals surface area contributed by atoms with Gasteiger partial charge in [0, 0.05) is 43.7 Å². The molecule has 1 aromatic heterocycles. The number of likely N-dealkylation sites (tertiary alicyclic amines) is 1. The zero-order valence-electron chi connectivity index (χ0n) is 17.4. The molecule has 1 aromatic carbocycles. The van der Waals surface area contributed by atoms with E-state index in [1.165, 1.54) is 37.7 Å². The number of nitrogens with one attached hydrogen (secondary N) is 1. The smallest absolute Gasteiger partial charge is 0.223 e. The van der Waals surface area contributed by atoms with Gasteiger partial charge in [0.1, 0.15) is 18.0 Å². The summed E-state index contributed by atoms with van der Waals surface area (Å²) in [5.74, 6) is 0.787. The normalized spacial score (nSPS) is 18.4. The van der Waals surface area contributed by atoms with Gasteiger partial charge in [-0.1, -0.05) is 18.6 Å². The average Bonchev–Trinajstić information content (AvgIpc) is 2.80. The summed E-state index contributed by atoms with van der Waals surface area (Å²) in [5.41, 5.74) is 1.44. The molecular formula is C23H30FN5O. The van der Waals surface area contributed by atoms with Gasteiger partial charge in [-0.3, -0.25) is 4.79 Å². The van der Waals surface area contributed by atoms with Crippen LogP contribution in [0.15, 0.2) is 36.7 Å². The van der Waals surface area contributed by atoms with E-state index in [1.54, 1.807) is 6.07 Å². The Morgan fingerprint density at radius 3 is 2.63 bits per heavy atom. The number of hydrogen-bond donors (Lipinski definition) is 1. The summed E-state index contributed by atoms with van der Waals surface area (Å²) < 4.78 is 13.5. The van der Waals surface area contributed by atoms with E-state index < -0.39 is 0 Å². The van der Waals surface area contributed by atoms with Crippen LogP contribution in [-0.2, 0) is 4.79 Å². The lowest BCUT2D eigenvalue weighted by Crippen LogP contribution is -2.43. The second-order valence-electron chi connectivity index (χ2n) is 8.23. The van der Waals surface area contributed by atoms with Crippen molar-refractivity contribution in [1.29, 1.82) is 0 Å². The molecule has 4 rings (SSSR count). The molecule has 2 aromatic rings. The van der Waals surface area contributed by atoms with Gasteiger partial charge in [-0.05, 0) is 50.9 Å². The van der Waals surface area contributed by atoms with E-state index in [1.807, 2.05) is 12.1 Å². The molecule has 0 unspecified atom stereocenters. The summed E-state index contributed by atoms with van der Waals surface area (Å²) in [5, 5.41) is 3.13. The van der Waals surface area contributed by atoms with Gasteiger partial charge in [0.25, 0.3) is 0 Å². The molecule has 1 amide bonds. The summed E-state index contributed by atoms with van der Waals surface area (Å²) in [7, 11) is 0. The Morgan fingerprint density at radius 2 is 1.87 bits per heavy atom. The Labute approximate surface area is 177 Å². The van der Waals surface area contributed by atoms with Crippen molar-refractivity contribution in [3.8, 4) is 11.3 Å². The van der Waals surface area contributed by atoms with E-state index in [0.29, 0.717) is 5.69 Å². The SMILES string of the molecule is O=C(NCCN1CCCCC1)C1CCN(c2cc(-c3cccc(F)c3)ncn2)CC1. The second-order valence-corrected chi connectivity index (χ2v) is 8.23. The predicted molar refractivity (Wildman–Crippen MR) is 116 cm³/mol. The molecule has 6 nitrogen and oxygen atoms in total. The highest BCUT2D eigenvalue weighted by Gasteiger charge is 2.25. The van der Waals surface area contributed by atoms with Crippen LogP contribution >= 0.6 is 0 Å². The molecule has 2 aliphatic rings. The molecule has 3 heterocycles. The molecule has 2 aliphatic heterocycles. The maximum absolute atomic E-state index is 13.5.